The first-order chi connectivity index (χ1) is 6.40. The molecule has 0 aliphatic carbocycles. The van der Waals surface area contributed by atoms with Crippen molar-refractivity contribution in [2.45, 2.75) is 18.6 Å². The second-order valence-corrected chi connectivity index (χ2v) is 4.46. The van der Waals surface area contributed by atoms with Crippen molar-refractivity contribution in [1.82, 2.24) is 0 Å². The highest BCUT2D eigenvalue weighted by molar-refractivity contribution is 8.00. The van der Waals surface area contributed by atoms with E-state index < -0.39 is 0 Å². The SMILES string of the molecule is CCOc1cccc(C2CCS2)c1. The predicted molar refractivity (Wildman–Crippen MR) is 57.4 cm³/mol. The van der Waals surface area contributed by atoms with Gasteiger partial charge in [-0.2, -0.15) is 11.8 Å². The van der Waals surface area contributed by atoms with Crippen LogP contribution in [-0.4, -0.2) is 12.4 Å². The van der Waals surface area contributed by atoms with E-state index in [1.54, 1.807) is 0 Å². The maximum atomic E-state index is 5.46. The van der Waals surface area contributed by atoms with Crippen LogP contribution in [0.4, 0.5) is 0 Å². The summed E-state index contributed by atoms with van der Waals surface area (Å²) in [6, 6.07) is 8.47. The highest BCUT2D eigenvalue weighted by atomic mass is 32.2. The molecule has 0 radical (unpaired) electrons. The lowest BCUT2D eigenvalue weighted by molar-refractivity contribution is 0.340. The Kier molecular flexibility index (Phi) is 2.79. The molecule has 0 saturated carbocycles. The van der Waals surface area contributed by atoms with Crippen LogP contribution in [0.1, 0.15) is 24.2 Å². The second kappa shape index (κ2) is 4.05. The van der Waals surface area contributed by atoms with E-state index in [1.165, 1.54) is 17.7 Å². The molecule has 1 saturated heterocycles. The van der Waals surface area contributed by atoms with Crippen LogP contribution >= 0.6 is 11.8 Å². The van der Waals surface area contributed by atoms with Gasteiger partial charge in [0.1, 0.15) is 5.75 Å². The summed E-state index contributed by atoms with van der Waals surface area (Å²) in [5.74, 6) is 2.32. The normalized spacial score (nSPS) is 20.8. The van der Waals surface area contributed by atoms with Crippen molar-refractivity contribution in [3.8, 4) is 5.75 Å². The second-order valence-electron chi connectivity index (χ2n) is 3.15. The molecule has 1 aromatic carbocycles. The van der Waals surface area contributed by atoms with E-state index in [2.05, 4.69) is 18.2 Å². The molecule has 1 atom stereocenters. The van der Waals surface area contributed by atoms with Crippen LogP contribution < -0.4 is 4.74 Å². The van der Waals surface area contributed by atoms with Gasteiger partial charge in [-0.3, -0.25) is 0 Å². The van der Waals surface area contributed by atoms with E-state index in [0.717, 1.165) is 17.6 Å². The summed E-state index contributed by atoms with van der Waals surface area (Å²) in [4.78, 5) is 0. The van der Waals surface area contributed by atoms with E-state index in [4.69, 9.17) is 4.74 Å². The highest BCUT2D eigenvalue weighted by Gasteiger charge is 2.20. The topological polar surface area (TPSA) is 9.23 Å². The lowest BCUT2D eigenvalue weighted by Gasteiger charge is -2.25. The Bertz CT molecular complexity index is 281. The third-order valence-electron chi connectivity index (χ3n) is 2.24. The summed E-state index contributed by atoms with van der Waals surface area (Å²) in [6.07, 6.45) is 1.32. The third-order valence-corrected chi connectivity index (χ3v) is 3.62. The molecule has 0 bridgehead atoms. The molecule has 0 aromatic heterocycles. The first kappa shape index (κ1) is 8.95. The van der Waals surface area contributed by atoms with Crippen molar-refractivity contribution < 1.29 is 4.74 Å². The molecule has 1 aromatic rings. The Labute approximate surface area is 83.5 Å². The zero-order chi connectivity index (χ0) is 9.10. The average Bonchev–Trinajstić information content (AvgIpc) is 2.02. The van der Waals surface area contributed by atoms with Crippen LogP contribution in [-0.2, 0) is 0 Å². The molecule has 2 heteroatoms. The summed E-state index contributed by atoms with van der Waals surface area (Å²) < 4.78 is 5.46. The van der Waals surface area contributed by atoms with Crippen LogP contribution in [0.15, 0.2) is 24.3 Å². The van der Waals surface area contributed by atoms with Gasteiger partial charge in [0.15, 0.2) is 0 Å². The zero-order valence-corrected chi connectivity index (χ0v) is 8.64. The molecule has 2 rings (SSSR count). The van der Waals surface area contributed by atoms with Crippen molar-refractivity contribution in [2.75, 3.05) is 12.4 Å². The fraction of sp³-hybridized carbons (Fsp3) is 0.455. The average molecular weight is 194 g/mol. The molecule has 1 heterocycles. The van der Waals surface area contributed by atoms with Crippen molar-refractivity contribution >= 4 is 11.8 Å². The molecule has 0 spiro atoms. The van der Waals surface area contributed by atoms with E-state index in [-0.39, 0.29) is 0 Å². The Morgan fingerprint density at radius 2 is 2.38 bits per heavy atom. The van der Waals surface area contributed by atoms with Crippen LogP contribution in [0.5, 0.6) is 5.75 Å². The van der Waals surface area contributed by atoms with Gasteiger partial charge >= 0.3 is 0 Å². The standard InChI is InChI=1S/C11H14OS/c1-2-12-10-5-3-4-9(8-10)11-6-7-13-11/h3-5,8,11H,2,6-7H2,1H3. The number of hydrogen-bond donors (Lipinski definition) is 0. The smallest absolute Gasteiger partial charge is 0.119 e. The lowest BCUT2D eigenvalue weighted by atomic mass is 10.1. The van der Waals surface area contributed by atoms with E-state index >= 15 is 0 Å². The quantitative estimate of drug-likeness (QED) is 0.730. The maximum Gasteiger partial charge on any atom is 0.119 e. The summed E-state index contributed by atoms with van der Waals surface area (Å²) in [5.41, 5.74) is 1.42. The third kappa shape index (κ3) is 1.99. The number of thioether (sulfide) groups is 1. The van der Waals surface area contributed by atoms with Gasteiger partial charge in [0, 0.05) is 5.25 Å². The van der Waals surface area contributed by atoms with Gasteiger partial charge in [-0.15, -0.1) is 0 Å². The van der Waals surface area contributed by atoms with E-state index in [9.17, 15) is 0 Å². The minimum Gasteiger partial charge on any atom is -0.494 e. The summed E-state index contributed by atoms with van der Waals surface area (Å²) in [6.45, 7) is 2.77. The molecular formula is C11H14OS. The molecule has 70 valence electrons. The molecule has 0 N–H and O–H groups in total. The predicted octanol–water partition coefficient (Wildman–Crippen LogP) is 3.26. The molecule has 13 heavy (non-hydrogen) atoms. The molecular weight excluding hydrogens is 180 g/mol. The minimum absolute atomic E-state index is 0.723. The Balaban J connectivity index is 2.11. The van der Waals surface area contributed by atoms with Gasteiger partial charge in [0.05, 0.1) is 6.61 Å². The number of ether oxygens (including phenoxy) is 1. The number of benzene rings is 1. The molecule has 0 amide bonds. The number of rotatable bonds is 3. The molecule has 1 aliphatic heterocycles. The molecule has 1 aliphatic rings. The van der Waals surface area contributed by atoms with Crippen LogP contribution in [0.3, 0.4) is 0 Å². The van der Waals surface area contributed by atoms with Crippen LogP contribution in [0, 0.1) is 0 Å². The van der Waals surface area contributed by atoms with E-state index in [1.807, 2.05) is 24.8 Å². The number of hydrogen-bond acceptors (Lipinski definition) is 2. The maximum absolute atomic E-state index is 5.46. The molecule has 1 nitrogen and oxygen atoms in total. The van der Waals surface area contributed by atoms with Crippen molar-refractivity contribution in [2.24, 2.45) is 0 Å². The fourth-order valence-electron chi connectivity index (χ4n) is 1.47. The highest BCUT2D eigenvalue weighted by Crippen LogP contribution is 2.42. The first-order valence-electron chi connectivity index (χ1n) is 4.74. The summed E-state index contributed by atoms with van der Waals surface area (Å²) in [5, 5.41) is 0.723. The lowest BCUT2D eigenvalue weighted by Crippen LogP contribution is -2.06. The van der Waals surface area contributed by atoms with E-state index in [0.29, 0.717) is 0 Å². The summed E-state index contributed by atoms with van der Waals surface area (Å²) >= 11 is 2.03. The first-order valence-corrected chi connectivity index (χ1v) is 5.79. The van der Waals surface area contributed by atoms with Crippen LogP contribution in [0.25, 0.3) is 0 Å². The van der Waals surface area contributed by atoms with Gasteiger partial charge in [-0.1, -0.05) is 12.1 Å². The van der Waals surface area contributed by atoms with Crippen molar-refractivity contribution in [1.29, 1.82) is 0 Å². The minimum atomic E-state index is 0.723. The van der Waals surface area contributed by atoms with Crippen LogP contribution in [0.2, 0.25) is 0 Å². The molecule has 1 unspecified atom stereocenters. The van der Waals surface area contributed by atoms with Gasteiger partial charge in [-0.25, -0.2) is 0 Å². The van der Waals surface area contributed by atoms with Crippen molar-refractivity contribution in [3.63, 3.8) is 0 Å². The van der Waals surface area contributed by atoms with Gasteiger partial charge in [0.25, 0.3) is 0 Å². The monoisotopic (exact) mass is 194 g/mol. The van der Waals surface area contributed by atoms with Gasteiger partial charge in [-0.05, 0) is 36.8 Å². The Morgan fingerprint density at radius 1 is 1.54 bits per heavy atom. The van der Waals surface area contributed by atoms with Gasteiger partial charge < -0.3 is 4.74 Å². The summed E-state index contributed by atoms with van der Waals surface area (Å²) in [7, 11) is 0. The van der Waals surface area contributed by atoms with Crippen molar-refractivity contribution in [3.05, 3.63) is 29.8 Å². The fourth-order valence-corrected chi connectivity index (χ4v) is 2.28. The Hall–Kier alpha value is -0.630. The Morgan fingerprint density at radius 3 is 3.00 bits per heavy atom. The molecule has 1 fully saturated rings. The zero-order valence-electron chi connectivity index (χ0n) is 7.82. The largest absolute Gasteiger partial charge is 0.494 e. The van der Waals surface area contributed by atoms with Gasteiger partial charge in [0.2, 0.25) is 0 Å².